The van der Waals surface area contributed by atoms with E-state index in [0.717, 1.165) is 17.7 Å². The molecule has 2 amide bonds. The van der Waals surface area contributed by atoms with Crippen LogP contribution in [0.3, 0.4) is 0 Å². The van der Waals surface area contributed by atoms with E-state index >= 15 is 0 Å². The Morgan fingerprint density at radius 1 is 1.33 bits per heavy atom. The Bertz CT molecular complexity index is 504. The fourth-order valence-electron chi connectivity index (χ4n) is 1.59. The summed E-state index contributed by atoms with van der Waals surface area (Å²) in [4.78, 5) is 25.2. The summed E-state index contributed by atoms with van der Waals surface area (Å²) in [5.41, 5.74) is 0.422. The number of rotatable bonds is 5. The molecule has 21 heavy (non-hydrogen) atoms. The molecule has 0 aliphatic heterocycles. The van der Waals surface area contributed by atoms with Gasteiger partial charge in [0.05, 0.1) is 12.3 Å². The van der Waals surface area contributed by atoms with Gasteiger partial charge >= 0.3 is 6.09 Å². The van der Waals surface area contributed by atoms with Gasteiger partial charge in [0, 0.05) is 11.9 Å². The first kappa shape index (κ1) is 17.5. The quantitative estimate of drug-likeness (QED) is 0.814. The third-order valence-electron chi connectivity index (χ3n) is 2.87. The summed E-state index contributed by atoms with van der Waals surface area (Å²) in [6.07, 6.45) is 1.27. The van der Waals surface area contributed by atoms with Crippen molar-refractivity contribution in [3.8, 4) is 0 Å². The van der Waals surface area contributed by atoms with Gasteiger partial charge in [-0.05, 0) is 17.9 Å². The summed E-state index contributed by atoms with van der Waals surface area (Å²) in [7, 11) is 1.57. The largest absolute Gasteiger partial charge is 0.449 e. The first-order chi connectivity index (χ1) is 9.79. The normalized spacial score (nSPS) is 11.1. The Kier molecular flexibility index (Phi) is 6.20. The van der Waals surface area contributed by atoms with Gasteiger partial charge in [0.2, 0.25) is 0 Å². The van der Waals surface area contributed by atoms with E-state index in [0.29, 0.717) is 17.2 Å². The lowest BCUT2D eigenvalue weighted by Crippen LogP contribution is -2.20. The van der Waals surface area contributed by atoms with E-state index in [-0.39, 0.29) is 11.3 Å². The summed E-state index contributed by atoms with van der Waals surface area (Å²) in [5, 5.41) is 5.26. The van der Waals surface area contributed by atoms with Gasteiger partial charge in [-0.2, -0.15) is 0 Å². The second-order valence-corrected chi connectivity index (χ2v) is 6.85. The highest BCUT2D eigenvalue weighted by Crippen LogP contribution is 2.35. The maximum absolute atomic E-state index is 11.9. The lowest BCUT2D eigenvalue weighted by molar-refractivity contribution is 0.0968. The van der Waals surface area contributed by atoms with E-state index in [1.165, 1.54) is 11.3 Å². The van der Waals surface area contributed by atoms with Crippen LogP contribution < -0.4 is 10.6 Å². The highest BCUT2D eigenvalue weighted by atomic mass is 32.1. The Hall–Kier alpha value is -1.56. The average molecular weight is 312 g/mol. The smallest absolute Gasteiger partial charge is 0.411 e. The number of hydrogen-bond acceptors (Lipinski definition) is 4. The molecule has 0 aromatic carbocycles. The van der Waals surface area contributed by atoms with E-state index in [1.807, 2.05) is 13.0 Å². The van der Waals surface area contributed by atoms with Crippen LogP contribution in [0.15, 0.2) is 6.07 Å². The molecule has 0 bridgehead atoms. The van der Waals surface area contributed by atoms with Crippen molar-refractivity contribution in [2.45, 2.75) is 46.0 Å². The fourth-order valence-corrected chi connectivity index (χ4v) is 2.71. The van der Waals surface area contributed by atoms with Crippen molar-refractivity contribution in [3.63, 3.8) is 0 Å². The number of carbonyl (C=O) groups is 2. The van der Waals surface area contributed by atoms with Crippen LogP contribution in [-0.4, -0.2) is 25.7 Å². The van der Waals surface area contributed by atoms with Crippen molar-refractivity contribution in [1.82, 2.24) is 5.32 Å². The molecule has 1 aromatic heterocycles. The Labute approximate surface area is 130 Å². The van der Waals surface area contributed by atoms with Crippen molar-refractivity contribution >= 4 is 29.0 Å². The van der Waals surface area contributed by atoms with Crippen LogP contribution in [0.25, 0.3) is 0 Å². The molecular weight excluding hydrogens is 288 g/mol. The molecule has 0 saturated heterocycles. The molecule has 1 aromatic rings. The molecule has 0 radical (unpaired) electrons. The predicted molar refractivity (Wildman–Crippen MR) is 86.3 cm³/mol. The van der Waals surface area contributed by atoms with Gasteiger partial charge in [-0.25, -0.2) is 4.79 Å². The molecule has 0 fully saturated rings. The molecule has 0 atom stereocenters. The number of anilines is 1. The average Bonchev–Trinajstić information content (AvgIpc) is 2.82. The number of nitrogens with one attached hydrogen (secondary N) is 2. The summed E-state index contributed by atoms with van der Waals surface area (Å²) in [5.74, 6) is -0.209. The molecule has 0 unspecified atom stereocenters. The minimum Gasteiger partial charge on any atom is -0.449 e. The Morgan fingerprint density at radius 3 is 2.52 bits per heavy atom. The zero-order chi connectivity index (χ0) is 16.0. The van der Waals surface area contributed by atoms with Gasteiger partial charge in [0.1, 0.15) is 4.88 Å². The van der Waals surface area contributed by atoms with Gasteiger partial charge in [-0.3, -0.25) is 10.1 Å². The minimum absolute atomic E-state index is 0.0838. The molecule has 0 spiro atoms. The van der Waals surface area contributed by atoms with Crippen LogP contribution in [0.1, 0.15) is 55.1 Å². The van der Waals surface area contributed by atoms with E-state index < -0.39 is 6.09 Å². The van der Waals surface area contributed by atoms with E-state index in [4.69, 9.17) is 4.74 Å². The van der Waals surface area contributed by atoms with E-state index in [9.17, 15) is 9.59 Å². The Morgan fingerprint density at radius 2 is 2.00 bits per heavy atom. The topological polar surface area (TPSA) is 67.4 Å². The number of amides is 2. The van der Waals surface area contributed by atoms with E-state index in [2.05, 4.69) is 31.4 Å². The number of ether oxygens (including phenoxy) is 1. The number of carbonyl (C=O) groups excluding carboxylic acids is 2. The third kappa shape index (κ3) is 5.04. The summed E-state index contributed by atoms with van der Waals surface area (Å²) in [6.45, 7) is 8.61. The van der Waals surface area contributed by atoms with Gasteiger partial charge in [-0.15, -0.1) is 11.3 Å². The second kappa shape index (κ2) is 7.45. The molecule has 2 N–H and O–H groups in total. The highest BCUT2D eigenvalue weighted by molar-refractivity contribution is 7.14. The lowest BCUT2D eigenvalue weighted by Gasteiger charge is -2.15. The van der Waals surface area contributed by atoms with Crippen LogP contribution in [0.4, 0.5) is 10.5 Å². The predicted octanol–water partition coefficient (Wildman–Crippen LogP) is 3.75. The fraction of sp³-hybridized carbons (Fsp3) is 0.600. The first-order valence-electron chi connectivity index (χ1n) is 7.09. The monoisotopic (exact) mass is 312 g/mol. The molecule has 1 heterocycles. The van der Waals surface area contributed by atoms with Crippen LogP contribution in [0.2, 0.25) is 0 Å². The van der Waals surface area contributed by atoms with Gasteiger partial charge in [0.25, 0.3) is 5.91 Å². The molecule has 6 heteroatoms. The van der Waals surface area contributed by atoms with Crippen molar-refractivity contribution in [1.29, 1.82) is 0 Å². The minimum atomic E-state index is -0.521. The van der Waals surface area contributed by atoms with Gasteiger partial charge < -0.3 is 10.1 Å². The third-order valence-corrected chi connectivity index (χ3v) is 4.43. The van der Waals surface area contributed by atoms with E-state index in [1.54, 1.807) is 7.05 Å². The van der Waals surface area contributed by atoms with Gasteiger partial charge in [0.15, 0.2) is 0 Å². The van der Waals surface area contributed by atoms with Crippen LogP contribution >= 0.6 is 11.3 Å². The molecule has 0 aliphatic rings. The lowest BCUT2D eigenvalue weighted by atomic mass is 9.94. The van der Waals surface area contributed by atoms with Crippen molar-refractivity contribution in [2.24, 2.45) is 0 Å². The summed E-state index contributed by atoms with van der Waals surface area (Å²) >= 11 is 1.39. The summed E-state index contributed by atoms with van der Waals surface area (Å²) < 4.78 is 5.07. The van der Waals surface area contributed by atoms with Crippen molar-refractivity contribution in [2.75, 3.05) is 19.0 Å². The molecular formula is C15H24N2O3S. The zero-order valence-electron chi connectivity index (χ0n) is 13.3. The maximum Gasteiger partial charge on any atom is 0.411 e. The zero-order valence-corrected chi connectivity index (χ0v) is 14.1. The molecule has 5 nitrogen and oxygen atoms in total. The maximum atomic E-state index is 11.9. The number of thiophene rings is 1. The summed E-state index contributed by atoms with van der Waals surface area (Å²) in [6, 6.07) is 1.84. The standard InChI is InChI=1S/C15H24N2O3S/c1-6-7-8-20-14(19)17-10-9-11(15(2,3)4)21-12(10)13(18)16-5/h9H,6-8H2,1-5H3,(H,16,18)(H,17,19). The second-order valence-electron chi connectivity index (χ2n) is 5.80. The number of unbranched alkanes of at least 4 members (excludes halogenated alkanes) is 1. The number of hydrogen-bond donors (Lipinski definition) is 2. The van der Waals surface area contributed by atoms with Crippen molar-refractivity contribution < 1.29 is 14.3 Å². The molecule has 0 saturated carbocycles. The molecule has 0 aliphatic carbocycles. The SMILES string of the molecule is CCCCOC(=O)Nc1cc(C(C)(C)C)sc1C(=O)NC. The van der Waals surface area contributed by atoms with Gasteiger partial charge in [-0.1, -0.05) is 34.1 Å². The van der Waals surface area contributed by atoms with Crippen LogP contribution in [0.5, 0.6) is 0 Å². The van der Waals surface area contributed by atoms with Crippen LogP contribution in [0, 0.1) is 0 Å². The van der Waals surface area contributed by atoms with Crippen molar-refractivity contribution in [3.05, 3.63) is 15.8 Å². The van der Waals surface area contributed by atoms with Crippen LogP contribution in [-0.2, 0) is 10.2 Å². The Balaban J connectivity index is 2.91. The highest BCUT2D eigenvalue weighted by Gasteiger charge is 2.23. The molecule has 118 valence electrons. The first-order valence-corrected chi connectivity index (χ1v) is 7.91. The molecule has 1 rings (SSSR count).